The van der Waals surface area contributed by atoms with Crippen LogP contribution in [0.3, 0.4) is 0 Å². The average molecular weight is 276 g/mol. The summed E-state index contributed by atoms with van der Waals surface area (Å²) in [5.41, 5.74) is 2.40. The van der Waals surface area contributed by atoms with Gasteiger partial charge in [-0.05, 0) is 37.3 Å². The topological polar surface area (TPSA) is 69.6 Å². The predicted molar refractivity (Wildman–Crippen MR) is 75.6 cm³/mol. The number of carbonyl (C=O) groups excluding carboxylic acids is 1. The molecule has 1 heterocycles. The van der Waals surface area contributed by atoms with Gasteiger partial charge in [-0.25, -0.2) is 9.59 Å². The van der Waals surface area contributed by atoms with E-state index in [1.807, 2.05) is 31.2 Å². The van der Waals surface area contributed by atoms with Crippen LogP contribution in [0.2, 0.25) is 0 Å². The highest BCUT2D eigenvalue weighted by Gasteiger charge is 2.33. The maximum atomic E-state index is 12.0. The van der Waals surface area contributed by atoms with Crippen molar-refractivity contribution in [3.05, 3.63) is 35.4 Å². The Labute approximate surface area is 118 Å². The standard InChI is InChI=1S/C15H20N2O3/c1-11-5-2-3-6-12(11)8-9-16-15(20)17-10-4-7-13(17)14(18)19/h2-3,5-6,13H,4,7-10H2,1H3,(H,16,20)(H,18,19)/t13-/m1/s1. The number of likely N-dealkylation sites (tertiary alicyclic amines) is 1. The van der Waals surface area contributed by atoms with Gasteiger partial charge in [0.1, 0.15) is 6.04 Å². The van der Waals surface area contributed by atoms with Crippen molar-refractivity contribution in [3.8, 4) is 0 Å². The van der Waals surface area contributed by atoms with Crippen molar-refractivity contribution >= 4 is 12.0 Å². The van der Waals surface area contributed by atoms with Crippen LogP contribution >= 0.6 is 0 Å². The van der Waals surface area contributed by atoms with Crippen molar-refractivity contribution in [3.63, 3.8) is 0 Å². The molecule has 0 unspecified atom stereocenters. The number of carbonyl (C=O) groups is 2. The SMILES string of the molecule is Cc1ccccc1CCNC(=O)N1CCC[C@@H]1C(=O)O. The van der Waals surface area contributed by atoms with Gasteiger partial charge in [-0.3, -0.25) is 0 Å². The van der Waals surface area contributed by atoms with Gasteiger partial charge in [0.2, 0.25) is 0 Å². The van der Waals surface area contributed by atoms with Crippen LogP contribution in [0.5, 0.6) is 0 Å². The molecule has 5 nitrogen and oxygen atoms in total. The number of benzene rings is 1. The van der Waals surface area contributed by atoms with E-state index in [4.69, 9.17) is 5.11 Å². The molecule has 2 N–H and O–H groups in total. The van der Waals surface area contributed by atoms with E-state index in [1.165, 1.54) is 16.0 Å². The van der Waals surface area contributed by atoms with Crippen LogP contribution in [-0.4, -0.2) is 41.1 Å². The molecular weight excluding hydrogens is 256 g/mol. The van der Waals surface area contributed by atoms with E-state index in [2.05, 4.69) is 5.32 Å². The number of hydrogen-bond donors (Lipinski definition) is 2. The molecule has 0 radical (unpaired) electrons. The maximum Gasteiger partial charge on any atom is 0.326 e. The highest BCUT2D eigenvalue weighted by Crippen LogP contribution is 2.17. The largest absolute Gasteiger partial charge is 0.480 e. The Morgan fingerprint density at radius 3 is 2.85 bits per heavy atom. The molecule has 0 bridgehead atoms. The van der Waals surface area contributed by atoms with Gasteiger partial charge >= 0.3 is 12.0 Å². The van der Waals surface area contributed by atoms with Crippen molar-refractivity contribution in [1.29, 1.82) is 0 Å². The first kappa shape index (κ1) is 14.4. The Morgan fingerprint density at radius 1 is 1.40 bits per heavy atom. The second-order valence-electron chi connectivity index (χ2n) is 5.10. The lowest BCUT2D eigenvalue weighted by atomic mass is 10.1. The summed E-state index contributed by atoms with van der Waals surface area (Å²) in [6.07, 6.45) is 2.05. The second-order valence-corrected chi connectivity index (χ2v) is 5.10. The molecule has 2 rings (SSSR count). The Morgan fingerprint density at radius 2 is 2.15 bits per heavy atom. The van der Waals surface area contributed by atoms with Gasteiger partial charge in [0.05, 0.1) is 0 Å². The molecule has 1 fully saturated rings. The molecule has 1 atom stereocenters. The van der Waals surface area contributed by atoms with E-state index in [9.17, 15) is 9.59 Å². The predicted octanol–water partition coefficient (Wildman–Crippen LogP) is 1.80. The highest BCUT2D eigenvalue weighted by atomic mass is 16.4. The zero-order chi connectivity index (χ0) is 14.5. The third-order valence-electron chi connectivity index (χ3n) is 3.73. The quantitative estimate of drug-likeness (QED) is 0.881. The van der Waals surface area contributed by atoms with Gasteiger partial charge in [-0.2, -0.15) is 0 Å². The molecule has 1 aliphatic rings. The minimum atomic E-state index is -0.920. The smallest absolute Gasteiger partial charge is 0.326 e. The minimum absolute atomic E-state index is 0.275. The lowest BCUT2D eigenvalue weighted by Crippen LogP contribution is -2.46. The molecule has 0 saturated carbocycles. The molecule has 0 aliphatic carbocycles. The van der Waals surface area contributed by atoms with Crippen molar-refractivity contribution < 1.29 is 14.7 Å². The van der Waals surface area contributed by atoms with E-state index in [1.54, 1.807) is 0 Å². The highest BCUT2D eigenvalue weighted by molar-refractivity contribution is 5.83. The van der Waals surface area contributed by atoms with Crippen LogP contribution in [0.25, 0.3) is 0 Å². The Balaban J connectivity index is 1.84. The number of urea groups is 1. The van der Waals surface area contributed by atoms with E-state index in [0.29, 0.717) is 19.5 Å². The summed E-state index contributed by atoms with van der Waals surface area (Å²) in [6.45, 7) is 3.08. The van der Waals surface area contributed by atoms with E-state index in [-0.39, 0.29) is 6.03 Å². The fourth-order valence-electron chi connectivity index (χ4n) is 2.56. The van der Waals surface area contributed by atoms with Gasteiger partial charge in [0, 0.05) is 13.1 Å². The first-order valence-electron chi connectivity index (χ1n) is 6.91. The third kappa shape index (κ3) is 3.29. The summed E-state index contributed by atoms with van der Waals surface area (Å²) in [7, 11) is 0. The van der Waals surface area contributed by atoms with Gasteiger partial charge < -0.3 is 15.3 Å². The number of aryl methyl sites for hydroxylation is 1. The third-order valence-corrected chi connectivity index (χ3v) is 3.73. The van der Waals surface area contributed by atoms with Gasteiger partial charge in [-0.1, -0.05) is 24.3 Å². The zero-order valence-corrected chi connectivity index (χ0v) is 11.6. The maximum absolute atomic E-state index is 12.0. The molecule has 1 aromatic carbocycles. The number of amides is 2. The van der Waals surface area contributed by atoms with Crippen LogP contribution in [0.4, 0.5) is 4.79 Å². The first-order chi connectivity index (χ1) is 9.59. The number of nitrogens with one attached hydrogen (secondary N) is 1. The van der Waals surface area contributed by atoms with Gasteiger partial charge in [-0.15, -0.1) is 0 Å². The molecule has 1 saturated heterocycles. The monoisotopic (exact) mass is 276 g/mol. The zero-order valence-electron chi connectivity index (χ0n) is 11.6. The summed E-state index contributed by atoms with van der Waals surface area (Å²) in [5, 5.41) is 11.9. The minimum Gasteiger partial charge on any atom is -0.480 e. The van der Waals surface area contributed by atoms with Crippen molar-refractivity contribution in [2.24, 2.45) is 0 Å². The summed E-state index contributed by atoms with van der Waals surface area (Å²) >= 11 is 0. The summed E-state index contributed by atoms with van der Waals surface area (Å²) in [6, 6.07) is 7.09. The van der Waals surface area contributed by atoms with Crippen molar-refractivity contribution in [2.75, 3.05) is 13.1 Å². The molecule has 5 heteroatoms. The van der Waals surface area contributed by atoms with E-state index < -0.39 is 12.0 Å². The van der Waals surface area contributed by atoms with Crippen LogP contribution in [0, 0.1) is 6.92 Å². The molecule has 2 amide bonds. The lowest BCUT2D eigenvalue weighted by molar-refractivity contribution is -0.141. The van der Waals surface area contributed by atoms with Crippen molar-refractivity contribution in [2.45, 2.75) is 32.2 Å². The van der Waals surface area contributed by atoms with E-state index >= 15 is 0 Å². The van der Waals surface area contributed by atoms with Crippen molar-refractivity contribution in [1.82, 2.24) is 10.2 Å². The molecule has 1 aromatic rings. The molecule has 108 valence electrons. The van der Waals surface area contributed by atoms with Crippen LogP contribution < -0.4 is 5.32 Å². The number of nitrogens with zero attached hydrogens (tertiary/aromatic N) is 1. The summed E-state index contributed by atoms with van der Waals surface area (Å²) in [4.78, 5) is 24.4. The van der Waals surface area contributed by atoms with Gasteiger partial charge in [0.25, 0.3) is 0 Å². The van der Waals surface area contributed by atoms with Crippen LogP contribution in [-0.2, 0) is 11.2 Å². The Kier molecular flexibility index (Phi) is 4.61. The molecule has 1 aliphatic heterocycles. The molecule has 0 aromatic heterocycles. The Bertz CT molecular complexity index is 502. The summed E-state index contributed by atoms with van der Waals surface area (Å²) in [5.74, 6) is -0.920. The van der Waals surface area contributed by atoms with Gasteiger partial charge in [0.15, 0.2) is 0 Å². The van der Waals surface area contributed by atoms with Crippen LogP contribution in [0.15, 0.2) is 24.3 Å². The lowest BCUT2D eigenvalue weighted by Gasteiger charge is -2.21. The number of hydrogen-bond acceptors (Lipinski definition) is 2. The fraction of sp³-hybridized carbons (Fsp3) is 0.467. The fourth-order valence-corrected chi connectivity index (χ4v) is 2.56. The average Bonchev–Trinajstić information content (AvgIpc) is 2.90. The first-order valence-corrected chi connectivity index (χ1v) is 6.91. The molecular formula is C15H20N2O3. The molecule has 0 spiro atoms. The van der Waals surface area contributed by atoms with Crippen LogP contribution in [0.1, 0.15) is 24.0 Å². The second kappa shape index (κ2) is 6.41. The number of carboxylic acids is 1. The number of aliphatic carboxylic acids is 1. The molecule has 20 heavy (non-hydrogen) atoms. The van der Waals surface area contributed by atoms with E-state index in [0.717, 1.165) is 12.8 Å². The Hall–Kier alpha value is -2.04. The normalized spacial score (nSPS) is 18.1. The number of rotatable bonds is 4. The summed E-state index contributed by atoms with van der Waals surface area (Å²) < 4.78 is 0. The number of carboxylic acid groups (broad SMARTS) is 1.